The molecule has 2 aliphatic rings. The third kappa shape index (κ3) is 8.53. The number of hydrogen-bond donors (Lipinski definition) is 2. The largest absolute Gasteiger partial charge is 0.355 e. The van der Waals surface area contributed by atoms with E-state index in [0.717, 1.165) is 43.6 Å². The zero-order chi connectivity index (χ0) is 20.6. The second-order valence-corrected chi connectivity index (χ2v) is 8.92. The van der Waals surface area contributed by atoms with Gasteiger partial charge in [-0.3, -0.25) is 4.79 Å². The zero-order valence-corrected chi connectivity index (χ0v) is 19.7. The highest BCUT2D eigenvalue weighted by molar-refractivity contribution is 6.35. The Morgan fingerprint density at radius 2 is 1.68 bits per heavy atom. The van der Waals surface area contributed by atoms with E-state index >= 15 is 0 Å². The van der Waals surface area contributed by atoms with Crippen LogP contribution in [0.5, 0.6) is 0 Å². The molecular formula is C24H34Cl2N3O2. The van der Waals surface area contributed by atoms with E-state index in [0.29, 0.717) is 42.1 Å². The normalized spacial score (nSPS) is 19.4. The van der Waals surface area contributed by atoms with Crippen molar-refractivity contribution in [3.05, 3.63) is 54.6 Å². The molecule has 2 N–H and O–H groups in total. The summed E-state index contributed by atoms with van der Waals surface area (Å²) in [6, 6.07) is 5.16. The SMILES string of the molecule is O=C(NCC1CCN(C(=O)NCc2ccc(Cl)cc2Cl)C1)[C]1CCCCCCC1.[CH2].[CH2]. The van der Waals surface area contributed by atoms with Gasteiger partial charge in [-0.05, 0) is 42.9 Å². The van der Waals surface area contributed by atoms with E-state index in [9.17, 15) is 9.59 Å². The van der Waals surface area contributed by atoms with E-state index in [2.05, 4.69) is 10.6 Å². The first kappa shape index (κ1) is 27.6. The maximum absolute atomic E-state index is 12.5. The number of nitrogens with zero attached hydrogens (tertiary/aromatic N) is 1. The second-order valence-electron chi connectivity index (χ2n) is 8.08. The number of nitrogens with one attached hydrogen (secondary N) is 2. The van der Waals surface area contributed by atoms with E-state index in [4.69, 9.17) is 23.2 Å². The van der Waals surface area contributed by atoms with Crippen molar-refractivity contribution >= 4 is 35.1 Å². The summed E-state index contributed by atoms with van der Waals surface area (Å²) in [6.45, 7) is 2.37. The van der Waals surface area contributed by atoms with Gasteiger partial charge in [-0.2, -0.15) is 0 Å². The summed E-state index contributed by atoms with van der Waals surface area (Å²) >= 11 is 12.1. The Hall–Kier alpha value is -1.46. The van der Waals surface area contributed by atoms with Gasteiger partial charge in [0.1, 0.15) is 0 Å². The Morgan fingerprint density at radius 1 is 1.00 bits per heavy atom. The number of carbonyl (C=O) groups excluding carboxylic acids is 2. The minimum absolute atomic E-state index is 0. The zero-order valence-electron chi connectivity index (χ0n) is 18.2. The van der Waals surface area contributed by atoms with Gasteiger partial charge < -0.3 is 15.5 Å². The molecule has 5 nitrogen and oxygen atoms in total. The van der Waals surface area contributed by atoms with E-state index < -0.39 is 0 Å². The van der Waals surface area contributed by atoms with Crippen molar-refractivity contribution in [2.45, 2.75) is 57.9 Å². The Balaban J connectivity index is 0.00000240. The van der Waals surface area contributed by atoms with Crippen molar-refractivity contribution < 1.29 is 9.59 Å². The molecule has 1 unspecified atom stereocenters. The van der Waals surface area contributed by atoms with Crippen LogP contribution in [0.25, 0.3) is 0 Å². The lowest BCUT2D eigenvalue weighted by Gasteiger charge is -2.20. The monoisotopic (exact) mass is 466 g/mol. The van der Waals surface area contributed by atoms with E-state index in [1.807, 2.05) is 11.0 Å². The highest BCUT2D eigenvalue weighted by Crippen LogP contribution is 2.25. The summed E-state index contributed by atoms with van der Waals surface area (Å²) in [5, 5.41) is 7.15. The molecule has 1 saturated carbocycles. The van der Waals surface area contributed by atoms with Crippen molar-refractivity contribution in [3.8, 4) is 0 Å². The molecule has 1 saturated heterocycles. The van der Waals surface area contributed by atoms with Crippen molar-refractivity contribution in [2.75, 3.05) is 19.6 Å². The Labute approximate surface area is 198 Å². The first-order valence-electron chi connectivity index (χ1n) is 10.6. The second kappa shape index (κ2) is 13.8. The van der Waals surface area contributed by atoms with Gasteiger partial charge in [0, 0.05) is 36.2 Å². The van der Waals surface area contributed by atoms with Crippen LogP contribution in [-0.2, 0) is 11.3 Å². The van der Waals surface area contributed by atoms with Crippen LogP contribution >= 0.6 is 23.2 Å². The summed E-state index contributed by atoms with van der Waals surface area (Å²) in [4.78, 5) is 26.7. The smallest absolute Gasteiger partial charge is 0.317 e. The van der Waals surface area contributed by atoms with Gasteiger partial charge >= 0.3 is 6.03 Å². The lowest BCUT2D eigenvalue weighted by Crippen LogP contribution is -2.39. The molecule has 1 aromatic carbocycles. The fourth-order valence-corrected chi connectivity index (χ4v) is 4.53. The fraction of sp³-hybridized carbons (Fsp3) is 0.542. The molecule has 1 atom stereocenters. The topological polar surface area (TPSA) is 61.4 Å². The van der Waals surface area contributed by atoms with Crippen molar-refractivity contribution in [2.24, 2.45) is 5.92 Å². The number of likely N-dealkylation sites (tertiary alicyclic amines) is 1. The van der Waals surface area contributed by atoms with Gasteiger partial charge in [0.05, 0.1) is 5.92 Å². The molecule has 0 spiro atoms. The molecule has 7 heteroatoms. The molecule has 3 rings (SSSR count). The summed E-state index contributed by atoms with van der Waals surface area (Å²) in [5.41, 5.74) is 0.837. The van der Waals surface area contributed by atoms with Gasteiger partial charge in [-0.25, -0.2) is 4.79 Å². The van der Waals surface area contributed by atoms with Crippen LogP contribution in [-0.4, -0.2) is 36.5 Å². The number of carbonyl (C=O) groups is 2. The molecule has 1 heterocycles. The number of benzene rings is 1. The van der Waals surface area contributed by atoms with Crippen LogP contribution in [0.3, 0.4) is 0 Å². The molecule has 171 valence electrons. The maximum atomic E-state index is 12.5. The Bertz CT molecular complexity index is 706. The minimum Gasteiger partial charge on any atom is -0.355 e. The summed E-state index contributed by atoms with van der Waals surface area (Å²) < 4.78 is 0. The predicted molar refractivity (Wildman–Crippen MR) is 128 cm³/mol. The van der Waals surface area contributed by atoms with Crippen LogP contribution in [0.2, 0.25) is 10.0 Å². The molecule has 0 aromatic heterocycles. The van der Waals surface area contributed by atoms with E-state index in [-0.39, 0.29) is 26.8 Å². The first-order valence-corrected chi connectivity index (χ1v) is 11.4. The molecule has 2 fully saturated rings. The van der Waals surface area contributed by atoms with Gasteiger partial charge in [-0.15, -0.1) is 0 Å². The van der Waals surface area contributed by atoms with Gasteiger partial charge in [-0.1, -0.05) is 76.2 Å². The molecule has 31 heavy (non-hydrogen) atoms. The molecular weight excluding hydrogens is 433 g/mol. The van der Waals surface area contributed by atoms with Crippen molar-refractivity contribution in [3.63, 3.8) is 0 Å². The quantitative estimate of drug-likeness (QED) is 0.591. The summed E-state index contributed by atoms with van der Waals surface area (Å²) in [7, 11) is 0. The third-order valence-corrected chi connectivity index (χ3v) is 6.43. The van der Waals surface area contributed by atoms with Crippen LogP contribution in [0.15, 0.2) is 18.2 Å². The van der Waals surface area contributed by atoms with E-state index in [1.54, 1.807) is 12.1 Å². The fourth-order valence-electron chi connectivity index (χ4n) is 4.05. The number of halogens is 2. The van der Waals surface area contributed by atoms with Crippen LogP contribution < -0.4 is 10.6 Å². The highest BCUT2D eigenvalue weighted by atomic mass is 35.5. The number of urea groups is 1. The Kier molecular flexibility index (Phi) is 12.3. The lowest BCUT2D eigenvalue weighted by atomic mass is 9.90. The molecule has 3 amide bonds. The molecule has 1 aromatic rings. The van der Waals surface area contributed by atoms with Crippen LogP contribution in [0.4, 0.5) is 4.79 Å². The lowest BCUT2D eigenvalue weighted by molar-refractivity contribution is -0.120. The third-order valence-electron chi connectivity index (χ3n) is 5.85. The average molecular weight is 467 g/mol. The van der Waals surface area contributed by atoms with Crippen molar-refractivity contribution in [1.82, 2.24) is 15.5 Å². The standard InChI is InChI=1S/C22H30Cl2N3O2.2CH2/c23-19-9-8-18(20(24)12-19)14-26-22(29)27-11-10-16(15-27)13-25-21(28)17-6-4-2-1-3-5-7-17;;/h8-9,12,16H,1-7,10-11,13-15H2,(H,25,28)(H,26,29);2*1H2. The number of amides is 3. The van der Waals surface area contributed by atoms with Gasteiger partial charge in [0.2, 0.25) is 5.91 Å². The van der Waals surface area contributed by atoms with Gasteiger partial charge in [0.25, 0.3) is 0 Å². The Morgan fingerprint density at radius 3 is 2.35 bits per heavy atom. The van der Waals surface area contributed by atoms with Crippen molar-refractivity contribution in [1.29, 1.82) is 0 Å². The van der Waals surface area contributed by atoms with E-state index in [1.165, 1.54) is 19.3 Å². The number of hydrogen-bond acceptors (Lipinski definition) is 2. The molecule has 1 aliphatic heterocycles. The molecule has 0 bridgehead atoms. The first-order chi connectivity index (χ1) is 14.0. The predicted octanol–water partition coefficient (Wildman–Crippen LogP) is 5.61. The maximum Gasteiger partial charge on any atom is 0.317 e. The summed E-state index contributed by atoms with van der Waals surface area (Å²) in [6.07, 6.45) is 8.76. The molecule has 5 radical (unpaired) electrons. The summed E-state index contributed by atoms with van der Waals surface area (Å²) in [5.74, 6) is 1.47. The number of rotatable bonds is 5. The minimum atomic E-state index is -0.0979. The molecule has 1 aliphatic carbocycles. The average Bonchev–Trinajstić information content (AvgIpc) is 3.14. The highest BCUT2D eigenvalue weighted by Gasteiger charge is 2.27. The van der Waals surface area contributed by atoms with Crippen LogP contribution in [0.1, 0.15) is 56.9 Å². The van der Waals surface area contributed by atoms with Crippen LogP contribution in [0, 0.1) is 26.7 Å². The van der Waals surface area contributed by atoms with Gasteiger partial charge in [0.15, 0.2) is 0 Å².